The molecule has 0 bridgehead atoms. The van der Waals surface area contributed by atoms with E-state index < -0.39 is 24.0 Å². The molecule has 2 unspecified atom stereocenters. The molecule has 1 aromatic rings. The van der Waals surface area contributed by atoms with Crippen LogP contribution in [0.4, 0.5) is 0 Å². The summed E-state index contributed by atoms with van der Waals surface area (Å²) in [6.45, 7) is 1.53. The van der Waals surface area contributed by atoms with Crippen LogP contribution in [0.2, 0.25) is 0 Å². The number of aromatic amines is 1. The van der Waals surface area contributed by atoms with Crippen molar-refractivity contribution < 1.29 is 14.7 Å². The monoisotopic (exact) mass is 240 g/mol. The molecule has 0 amide bonds. The van der Waals surface area contributed by atoms with E-state index in [2.05, 4.69) is 15.3 Å². The van der Waals surface area contributed by atoms with Crippen LogP contribution in [0.15, 0.2) is 12.5 Å². The summed E-state index contributed by atoms with van der Waals surface area (Å²) < 4.78 is 0. The van der Waals surface area contributed by atoms with Crippen LogP contribution in [0.5, 0.6) is 0 Å². The van der Waals surface area contributed by atoms with Gasteiger partial charge in [-0.3, -0.25) is 9.59 Å². The predicted molar refractivity (Wildman–Crippen MR) is 60.5 cm³/mol. The maximum Gasteiger partial charge on any atom is 0.321 e. The van der Waals surface area contributed by atoms with Crippen molar-refractivity contribution in [2.24, 2.45) is 5.73 Å². The summed E-state index contributed by atoms with van der Waals surface area (Å²) in [7, 11) is 1.48. The van der Waals surface area contributed by atoms with Crippen molar-refractivity contribution >= 4 is 11.8 Å². The lowest BCUT2D eigenvalue weighted by atomic mass is 9.89. The summed E-state index contributed by atoms with van der Waals surface area (Å²) in [5.41, 5.74) is 5.97. The van der Waals surface area contributed by atoms with E-state index in [1.54, 1.807) is 0 Å². The Bertz CT molecular complexity index is 388. The van der Waals surface area contributed by atoms with Crippen LogP contribution in [-0.4, -0.2) is 46.0 Å². The molecule has 94 valence electrons. The zero-order valence-electron chi connectivity index (χ0n) is 9.68. The van der Waals surface area contributed by atoms with E-state index >= 15 is 0 Å². The van der Waals surface area contributed by atoms with E-state index in [9.17, 15) is 9.59 Å². The van der Waals surface area contributed by atoms with Gasteiger partial charge in [-0.25, -0.2) is 4.98 Å². The second-order valence-electron chi connectivity index (χ2n) is 3.78. The van der Waals surface area contributed by atoms with E-state index in [-0.39, 0.29) is 5.78 Å². The van der Waals surface area contributed by atoms with E-state index in [4.69, 9.17) is 10.8 Å². The van der Waals surface area contributed by atoms with Crippen LogP contribution in [0.1, 0.15) is 18.5 Å². The molecule has 1 heterocycles. The lowest BCUT2D eigenvalue weighted by molar-refractivity contribution is -0.142. The third kappa shape index (κ3) is 2.89. The average Bonchev–Trinajstić information content (AvgIpc) is 2.77. The Morgan fingerprint density at radius 1 is 1.59 bits per heavy atom. The molecule has 0 aliphatic rings. The second kappa shape index (κ2) is 5.55. The highest BCUT2D eigenvalue weighted by molar-refractivity contribution is 5.94. The Labute approximate surface area is 98.4 Å². The molecular formula is C10H16N4O3. The average molecular weight is 240 g/mol. The zero-order chi connectivity index (χ0) is 13.0. The summed E-state index contributed by atoms with van der Waals surface area (Å²) in [4.78, 5) is 29.6. The van der Waals surface area contributed by atoms with Gasteiger partial charge in [0.05, 0.1) is 18.3 Å². The van der Waals surface area contributed by atoms with Crippen LogP contribution in [0.3, 0.4) is 0 Å². The number of rotatable bonds is 6. The highest BCUT2D eigenvalue weighted by Crippen LogP contribution is 2.20. The van der Waals surface area contributed by atoms with Gasteiger partial charge in [0.25, 0.3) is 0 Å². The Morgan fingerprint density at radius 3 is 2.59 bits per heavy atom. The van der Waals surface area contributed by atoms with Crippen molar-refractivity contribution in [3.63, 3.8) is 0 Å². The number of ketones is 1. The Hall–Kier alpha value is -1.73. The van der Waals surface area contributed by atoms with Gasteiger partial charge < -0.3 is 21.1 Å². The highest BCUT2D eigenvalue weighted by atomic mass is 16.4. The Balaban J connectivity index is 3.10. The van der Waals surface area contributed by atoms with E-state index in [0.29, 0.717) is 5.69 Å². The first-order chi connectivity index (χ1) is 7.99. The number of carboxylic acid groups (broad SMARTS) is 1. The molecule has 1 rings (SSSR count). The fourth-order valence-corrected chi connectivity index (χ4v) is 1.65. The lowest BCUT2D eigenvalue weighted by Gasteiger charge is -2.22. The third-order valence-electron chi connectivity index (χ3n) is 2.52. The largest absolute Gasteiger partial charge is 0.480 e. The van der Waals surface area contributed by atoms with Crippen molar-refractivity contribution in [3.05, 3.63) is 18.2 Å². The van der Waals surface area contributed by atoms with Gasteiger partial charge in [-0.1, -0.05) is 0 Å². The van der Waals surface area contributed by atoms with Crippen LogP contribution in [-0.2, 0) is 9.59 Å². The molecular weight excluding hydrogens is 224 g/mol. The number of nitrogens with zero attached hydrogens (tertiary/aromatic N) is 1. The minimum absolute atomic E-state index is 0.351. The first-order valence-corrected chi connectivity index (χ1v) is 5.16. The molecule has 3 atom stereocenters. The first kappa shape index (κ1) is 13.3. The number of carbonyl (C=O) groups excluding carboxylic acids is 1. The molecule has 7 heteroatoms. The zero-order valence-corrected chi connectivity index (χ0v) is 9.68. The van der Waals surface area contributed by atoms with Crippen molar-refractivity contribution in [1.82, 2.24) is 15.3 Å². The lowest BCUT2D eigenvalue weighted by Crippen LogP contribution is -2.46. The van der Waals surface area contributed by atoms with Crippen LogP contribution < -0.4 is 11.1 Å². The smallest absolute Gasteiger partial charge is 0.321 e. The molecule has 0 saturated carbocycles. The normalized spacial score (nSPS) is 16.2. The SMILES string of the molecule is CN[C@H](C(=O)O)C(C(=O)C(C)N)c1cnc[nH]1. The van der Waals surface area contributed by atoms with Crippen LogP contribution >= 0.6 is 0 Å². The number of likely N-dealkylation sites (N-methyl/N-ethyl adjacent to an activating group) is 1. The molecule has 0 aliphatic carbocycles. The molecule has 0 fully saturated rings. The maximum atomic E-state index is 12.0. The highest BCUT2D eigenvalue weighted by Gasteiger charge is 2.36. The summed E-state index contributed by atoms with van der Waals surface area (Å²) in [6, 6.07) is -1.77. The summed E-state index contributed by atoms with van der Waals surface area (Å²) in [5, 5.41) is 11.7. The number of hydrogen-bond acceptors (Lipinski definition) is 5. The summed E-state index contributed by atoms with van der Waals surface area (Å²) >= 11 is 0. The van der Waals surface area contributed by atoms with Gasteiger partial charge in [0.2, 0.25) is 0 Å². The quantitative estimate of drug-likeness (QED) is 0.510. The number of imidazole rings is 1. The molecule has 0 saturated heterocycles. The number of H-pyrrole nitrogens is 1. The number of carbonyl (C=O) groups is 2. The molecule has 17 heavy (non-hydrogen) atoms. The number of aliphatic carboxylic acids is 1. The number of hydrogen-bond donors (Lipinski definition) is 4. The summed E-state index contributed by atoms with van der Waals surface area (Å²) in [6.07, 6.45) is 2.82. The number of nitrogens with one attached hydrogen (secondary N) is 2. The van der Waals surface area contributed by atoms with Gasteiger partial charge in [0.1, 0.15) is 6.04 Å². The number of nitrogens with two attached hydrogens (primary N) is 1. The number of Topliss-reactive ketones (excluding diaryl/α,β-unsaturated/α-hetero) is 1. The van der Waals surface area contributed by atoms with Gasteiger partial charge in [-0.05, 0) is 14.0 Å². The van der Waals surface area contributed by atoms with E-state index in [1.807, 2.05) is 0 Å². The van der Waals surface area contributed by atoms with Gasteiger partial charge in [-0.2, -0.15) is 0 Å². The Morgan fingerprint density at radius 2 is 2.24 bits per heavy atom. The molecule has 1 aromatic heterocycles. The molecule has 0 spiro atoms. The van der Waals surface area contributed by atoms with Gasteiger partial charge in [0, 0.05) is 11.9 Å². The number of carboxylic acids is 1. The topological polar surface area (TPSA) is 121 Å². The van der Waals surface area contributed by atoms with Crippen molar-refractivity contribution in [3.8, 4) is 0 Å². The predicted octanol–water partition coefficient (Wildman–Crippen LogP) is -0.918. The molecule has 0 aliphatic heterocycles. The van der Waals surface area contributed by atoms with E-state index in [0.717, 1.165) is 0 Å². The van der Waals surface area contributed by atoms with Crippen molar-refractivity contribution in [1.29, 1.82) is 0 Å². The molecule has 0 aromatic carbocycles. The van der Waals surface area contributed by atoms with Gasteiger partial charge >= 0.3 is 5.97 Å². The first-order valence-electron chi connectivity index (χ1n) is 5.16. The van der Waals surface area contributed by atoms with Crippen molar-refractivity contribution in [2.45, 2.75) is 24.9 Å². The Kier molecular flexibility index (Phi) is 4.36. The second-order valence-corrected chi connectivity index (χ2v) is 3.78. The van der Waals surface area contributed by atoms with Gasteiger partial charge in [0.15, 0.2) is 5.78 Å². The number of aromatic nitrogens is 2. The fourth-order valence-electron chi connectivity index (χ4n) is 1.65. The molecule has 0 radical (unpaired) electrons. The van der Waals surface area contributed by atoms with Crippen LogP contribution in [0.25, 0.3) is 0 Å². The molecule has 5 N–H and O–H groups in total. The standard InChI is InChI=1S/C10H16N4O3/c1-5(11)9(15)7(6-3-13-4-14-6)8(12-2)10(16)17/h3-5,7-8,12H,11H2,1-2H3,(H,13,14)(H,16,17)/t5?,7?,8-/m0/s1. The minimum Gasteiger partial charge on any atom is -0.480 e. The third-order valence-corrected chi connectivity index (χ3v) is 2.52. The van der Waals surface area contributed by atoms with Crippen molar-refractivity contribution in [2.75, 3.05) is 7.05 Å². The van der Waals surface area contributed by atoms with E-state index in [1.165, 1.54) is 26.5 Å². The van der Waals surface area contributed by atoms with Crippen LogP contribution in [0, 0.1) is 0 Å². The maximum absolute atomic E-state index is 12.0. The van der Waals surface area contributed by atoms with Gasteiger partial charge in [-0.15, -0.1) is 0 Å². The molecule has 7 nitrogen and oxygen atoms in total. The fraction of sp³-hybridized carbons (Fsp3) is 0.500. The summed E-state index contributed by atoms with van der Waals surface area (Å²) in [5.74, 6) is -2.34. The minimum atomic E-state index is -1.11.